The fourth-order valence-corrected chi connectivity index (χ4v) is 3.54. The molecule has 1 heterocycles. The van der Waals surface area contributed by atoms with Gasteiger partial charge in [-0.1, -0.05) is 23.7 Å². The van der Waals surface area contributed by atoms with E-state index in [0.717, 1.165) is 30.2 Å². The molecule has 1 saturated heterocycles. The van der Waals surface area contributed by atoms with Crippen molar-refractivity contribution >= 4 is 36.4 Å². The molecule has 3 nitrogen and oxygen atoms in total. The highest BCUT2D eigenvalue weighted by molar-refractivity contribution is 6.30. The van der Waals surface area contributed by atoms with E-state index in [4.69, 9.17) is 11.6 Å². The molecule has 0 aromatic heterocycles. The van der Waals surface area contributed by atoms with Gasteiger partial charge in [-0.2, -0.15) is 0 Å². The van der Waals surface area contributed by atoms with Crippen LogP contribution in [0.25, 0.3) is 0 Å². The van der Waals surface area contributed by atoms with Gasteiger partial charge in [-0.25, -0.2) is 0 Å². The minimum atomic E-state index is -0.761. The van der Waals surface area contributed by atoms with E-state index >= 15 is 0 Å². The summed E-state index contributed by atoms with van der Waals surface area (Å²) in [5, 5.41) is 11.3. The topological polar surface area (TPSA) is 26.7 Å². The molecule has 1 aromatic rings. The van der Waals surface area contributed by atoms with Crippen molar-refractivity contribution in [3.05, 3.63) is 34.9 Å². The number of halogens is 3. The van der Waals surface area contributed by atoms with Crippen molar-refractivity contribution in [1.82, 2.24) is 9.80 Å². The first kappa shape index (κ1) is 24.0. The van der Waals surface area contributed by atoms with Gasteiger partial charge in [-0.3, -0.25) is 0 Å². The third kappa shape index (κ3) is 6.70. The van der Waals surface area contributed by atoms with Crippen molar-refractivity contribution in [2.45, 2.75) is 44.2 Å². The van der Waals surface area contributed by atoms with Gasteiger partial charge in [0.05, 0.1) is 5.60 Å². The fourth-order valence-electron chi connectivity index (χ4n) is 3.34. The molecule has 1 fully saturated rings. The van der Waals surface area contributed by atoms with Gasteiger partial charge in [0.1, 0.15) is 0 Å². The van der Waals surface area contributed by atoms with Crippen LogP contribution in [0, 0.1) is 0 Å². The molecular formula is C18H31Cl3N2O. The summed E-state index contributed by atoms with van der Waals surface area (Å²) < 4.78 is 0. The zero-order valence-corrected chi connectivity index (χ0v) is 17.4. The molecule has 1 N–H and O–H groups in total. The summed E-state index contributed by atoms with van der Waals surface area (Å²) in [5.41, 5.74) is 0.359. The minimum absolute atomic E-state index is 0. The van der Waals surface area contributed by atoms with E-state index in [0.29, 0.717) is 6.04 Å². The number of benzene rings is 1. The average molecular weight is 398 g/mol. The van der Waals surface area contributed by atoms with E-state index in [9.17, 15) is 5.11 Å². The maximum absolute atomic E-state index is 10.6. The lowest BCUT2D eigenvalue weighted by molar-refractivity contribution is 0.0277. The second-order valence-electron chi connectivity index (χ2n) is 7.26. The molecule has 0 radical (unpaired) electrons. The SMILES string of the molecule is CN(C)C1CCN(CC(c2cccc(Cl)c2)C(C)(C)O)CC1.Cl.Cl. The summed E-state index contributed by atoms with van der Waals surface area (Å²) in [6, 6.07) is 8.59. The van der Waals surface area contributed by atoms with E-state index in [-0.39, 0.29) is 30.7 Å². The third-order valence-electron chi connectivity index (χ3n) is 4.83. The molecule has 0 amide bonds. The van der Waals surface area contributed by atoms with E-state index in [1.54, 1.807) is 0 Å². The summed E-state index contributed by atoms with van der Waals surface area (Å²) in [7, 11) is 4.32. The molecule has 1 atom stereocenters. The highest BCUT2D eigenvalue weighted by Crippen LogP contribution is 2.31. The van der Waals surface area contributed by atoms with Crippen molar-refractivity contribution in [2.75, 3.05) is 33.7 Å². The summed E-state index contributed by atoms with van der Waals surface area (Å²) in [4.78, 5) is 4.80. The Labute approximate surface area is 164 Å². The second kappa shape index (κ2) is 10.2. The lowest BCUT2D eigenvalue weighted by Crippen LogP contribution is -2.46. The van der Waals surface area contributed by atoms with Crippen LogP contribution in [-0.2, 0) is 0 Å². The number of rotatable bonds is 5. The summed E-state index contributed by atoms with van der Waals surface area (Å²) in [5.74, 6) is 0.0714. The van der Waals surface area contributed by atoms with Gasteiger partial charge >= 0.3 is 0 Å². The fraction of sp³-hybridized carbons (Fsp3) is 0.667. The molecular weight excluding hydrogens is 367 g/mol. The lowest BCUT2D eigenvalue weighted by atomic mass is 9.84. The van der Waals surface area contributed by atoms with Gasteiger partial charge in [0.15, 0.2) is 0 Å². The molecule has 0 spiro atoms. The smallest absolute Gasteiger partial charge is 0.0672 e. The number of likely N-dealkylation sites (tertiary alicyclic amines) is 1. The van der Waals surface area contributed by atoms with Crippen LogP contribution in [0.15, 0.2) is 24.3 Å². The zero-order chi connectivity index (χ0) is 16.3. The first-order chi connectivity index (χ1) is 10.3. The number of nitrogens with zero attached hydrogens (tertiary/aromatic N) is 2. The molecule has 1 aromatic carbocycles. The quantitative estimate of drug-likeness (QED) is 0.811. The van der Waals surface area contributed by atoms with Crippen LogP contribution >= 0.6 is 36.4 Å². The highest BCUT2D eigenvalue weighted by atomic mass is 35.5. The molecule has 1 aliphatic rings. The van der Waals surface area contributed by atoms with Crippen LogP contribution in [0.5, 0.6) is 0 Å². The third-order valence-corrected chi connectivity index (χ3v) is 5.07. The van der Waals surface area contributed by atoms with Gasteiger partial charge in [0, 0.05) is 23.5 Å². The Balaban J connectivity index is 0.00000264. The van der Waals surface area contributed by atoms with Gasteiger partial charge in [0.2, 0.25) is 0 Å². The molecule has 140 valence electrons. The van der Waals surface area contributed by atoms with Gasteiger partial charge < -0.3 is 14.9 Å². The zero-order valence-electron chi connectivity index (χ0n) is 15.0. The molecule has 0 saturated carbocycles. The Kier molecular flexibility index (Phi) is 10.2. The molecule has 0 bridgehead atoms. The highest BCUT2D eigenvalue weighted by Gasteiger charge is 2.31. The average Bonchev–Trinajstić information content (AvgIpc) is 2.44. The first-order valence-corrected chi connectivity index (χ1v) is 8.52. The summed E-state index contributed by atoms with van der Waals surface area (Å²) in [6.45, 7) is 6.85. The van der Waals surface area contributed by atoms with Crippen molar-refractivity contribution in [3.8, 4) is 0 Å². The molecule has 1 unspecified atom stereocenters. The molecule has 6 heteroatoms. The van der Waals surface area contributed by atoms with Crippen LogP contribution < -0.4 is 0 Å². The number of hydrogen-bond acceptors (Lipinski definition) is 3. The first-order valence-electron chi connectivity index (χ1n) is 8.14. The number of piperidine rings is 1. The minimum Gasteiger partial charge on any atom is -0.390 e. The molecule has 1 aliphatic heterocycles. The normalized spacial score (nSPS) is 18.0. The van der Waals surface area contributed by atoms with Crippen LogP contribution in [0.4, 0.5) is 0 Å². The van der Waals surface area contributed by atoms with Crippen molar-refractivity contribution < 1.29 is 5.11 Å². The van der Waals surface area contributed by atoms with Crippen LogP contribution in [0.3, 0.4) is 0 Å². The Morgan fingerprint density at radius 3 is 2.29 bits per heavy atom. The Morgan fingerprint density at radius 1 is 1.25 bits per heavy atom. The van der Waals surface area contributed by atoms with Gasteiger partial charge in [0.25, 0.3) is 0 Å². The van der Waals surface area contributed by atoms with Crippen LogP contribution in [0.1, 0.15) is 38.2 Å². The van der Waals surface area contributed by atoms with Gasteiger partial charge in [-0.15, -0.1) is 24.8 Å². The molecule has 2 rings (SSSR count). The van der Waals surface area contributed by atoms with E-state index in [1.165, 1.54) is 12.8 Å². The predicted molar refractivity (Wildman–Crippen MR) is 108 cm³/mol. The largest absolute Gasteiger partial charge is 0.390 e. The monoisotopic (exact) mass is 396 g/mol. The lowest BCUT2D eigenvalue weighted by Gasteiger charge is -2.39. The van der Waals surface area contributed by atoms with E-state index in [1.807, 2.05) is 32.0 Å². The Hall–Kier alpha value is -0.0300. The molecule has 0 aliphatic carbocycles. The van der Waals surface area contributed by atoms with E-state index in [2.05, 4.69) is 30.0 Å². The summed E-state index contributed by atoms with van der Waals surface area (Å²) in [6.07, 6.45) is 2.39. The van der Waals surface area contributed by atoms with Gasteiger partial charge in [-0.05, 0) is 71.6 Å². The molecule has 24 heavy (non-hydrogen) atoms. The van der Waals surface area contributed by atoms with Crippen molar-refractivity contribution in [3.63, 3.8) is 0 Å². The Bertz CT molecular complexity index is 483. The second-order valence-corrected chi connectivity index (χ2v) is 7.69. The standard InChI is InChI=1S/C18H29ClN2O.2ClH/c1-18(2,22)17(14-6-5-7-15(19)12-14)13-21-10-8-16(9-11-21)20(3)4;;/h5-7,12,16-17,22H,8-11,13H2,1-4H3;2*1H. The number of hydrogen-bond donors (Lipinski definition) is 1. The Morgan fingerprint density at radius 2 is 1.83 bits per heavy atom. The number of aliphatic hydroxyl groups is 1. The maximum atomic E-state index is 10.6. The van der Waals surface area contributed by atoms with Crippen molar-refractivity contribution in [2.24, 2.45) is 0 Å². The van der Waals surface area contributed by atoms with Crippen LogP contribution in [-0.4, -0.2) is 60.3 Å². The van der Waals surface area contributed by atoms with Crippen LogP contribution in [0.2, 0.25) is 5.02 Å². The maximum Gasteiger partial charge on any atom is 0.0672 e. The predicted octanol–water partition coefficient (Wildman–Crippen LogP) is 4.06. The van der Waals surface area contributed by atoms with E-state index < -0.39 is 5.60 Å². The summed E-state index contributed by atoms with van der Waals surface area (Å²) >= 11 is 6.13. The van der Waals surface area contributed by atoms with Crippen molar-refractivity contribution in [1.29, 1.82) is 0 Å².